The van der Waals surface area contributed by atoms with Gasteiger partial charge in [0.05, 0.1) is 27.9 Å². The molecule has 2 aromatic carbocycles. The molecule has 0 aliphatic carbocycles. The summed E-state index contributed by atoms with van der Waals surface area (Å²) in [5.74, 6) is 0. The van der Waals surface area contributed by atoms with E-state index in [-0.39, 0.29) is 11.4 Å². The molecule has 0 unspecified atom stereocenters. The fraction of sp³-hybridized carbons (Fsp3) is 0. The fourth-order valence-corrected chi connectivity index (χ4v) is 2.30. The minimum Gasteiger partial charge on any atom is -0.308 e. The van der Waals surface area contributed by atoms with Crippen molar-refractivity contribution in [2.45, 2.75) is 0 Å². The van der Waals surface area contributed by atoms with Crippen LogP contribution in [0.15, 0.2) is 67.3 Å². The quantitative estimate of drug-likeness (QED) is 0.514. The van der Waals surface area contributed by atoms with Gasteiger partial charge in [-0.1, -0.05) is 0 Å². The largest absolute Gasteiger partial charge is 0.308 e. The number of rotatable bonds is 5. The molecule has 0 aliphatic heterocycles. The summed E-state index contributed by atoms with van der Waals surface area (Å²) in [6.07, 6.45) is 4.54. The minimum atomic E-state index is -0.481. The third kappa shape index (κ3) is 3.39. The molecular formula is C16H11N5O4. The zero-order chi connectivity index (χ0) is 17.8. The van der Waals surface area contributed by atoms with E-state index in [1.165, 1.54) is 30.6 Å². The Hall–Kier alpha value is -3.88. The highest BCUT2D eigenvalue weighted by molar-refractivity contribution is 5.76. The standard InChI is InChI=1S/C16H11N5O4/c22-20(23)14-5-1-12(2-6-14)19(16-9-17-11-18-10-16)13-3-7-15(8-4-13)21(24)25/h1-11H. The molecule has 0 fully saturated rings. The average molecular weight is 337 g/mol. The van der Waals surface area contributed by atoms with Gasteiger partial charge in [0.15, 0.2) is 0 Å². The lowest BCUT2D eigenvalue weighted by Gasteiger charge is -2.24. The first-order valence-corrected chi connectivity index (χ1v) is 7.10. The van der Waals surface area contributed by atoms with Crippen molar-refractivity contribution in [2.75, 3.05) is 4.90 Å². The van der Waals surface area contributed by atoms with E-state index >= 15 is 0 Å². The van der Waals surface area contributed by atoms with E-state index in [2.05, 4.69) is 9.97 Å². The normalized spacial score (nSPS) is 10.2. The molecule has 0 atom stereocenters. The van der Waals surface area contributed by atoms with Crippen molar-refractivity contribution in [2.24, 2.45) is 0 Å². The maximum atomic E-state index is 10.8. The number of nitro groups is 2. The van der Waals surface area contributed by atoms with Crippen molar-refractivity contribution in [3.8, 4) is 0 Å². The van der Waals surface area contributed by atoms with Gasteiger partial charge in [0.1, 0.15) is 6.33 Å². The first kappa shape index (κ1) is 16.0. The van der Waals surface area contributed by atoms with Crippen LogP contribution >= 0.6 is 0 Å². The number of aromatic nitrogens is 2. The van der Waals surface area contributed by atoms with Crippen molar-refractivity contribution in [3.05, 3.63) is 87.5 Å². The molecule has 0 amide bonds. The lowest BCUT2D eigenvalue weighted by atomic mass is 10.2. The topological polar surface area (TPSA) is 115 Å². The molecule has 0 radical (unpaired) electrons. The lowest BCUT2D eigenvalue weighted by Crippen LogP contribution is -2.10. The van der Waals surface area contributed by atoms with Gasteiger partial charge in [-0.2, -0.15) is 0 Å². The Kier molecular flexibility index (Phi) is 4.29. The predicted octanol–water partition coefficient (Wildman–Crippen LogP) is 3.76. The fourth-order valence-electron chi connectivity index (χ4n) is 2.30. The monoisotopic (exact) mass is 337 g/mol. The number of hydrogen-bond acceptors (Lipinski definition) is 7. The van der Waals surface area contributed by atoms with Gasteiger partial charge in [0, 0.05) is 35.6 Å². The van der Waals surface area contributed by atoms with Crippen LogP contribution in [0.3, 0.4) is 0 Å². The molecule has 9 heteroatoms. The van der Waals surface area contributed by atoms with E-state index in [0.29, 0.717) is 17.1 Å². The van der Waals surface area contributed by atoms with E-state index in [0.717, 1.165) is 0 Å². The van der Waals surface area contributed by atoms with Gasteiger partial charge in [0.25, 0.3) is 11.4 Å². The zero-order valence-electron chi connectivity index (χ0n) is 12.7. The third-order valence-electron chi connectivity index (χ3n) is 3.44. The van der Waals surface area contributed by atoms with Gasteiger partial charge < -0.3 is 4.90 Å². The summed E-state index contributed by atoms with van der Waals surface area (Å²) in [5.41, 5.74) is 1.82. The second-order valence-electron chi connectivity index (χ2n) is 4.98. The van der Waals surface area contributed by atoms with Gasteiger partial charge in [-0.05, 0) is 24.3 Å². The summed E-state index contributed by atoms with van der Waals surface area (Å²) in [6.45, 7) is 0. The van der Waals surface area contributed by atoms with Gasteiger partial charge in [-0.25, -0.2) is 9.97 Å². The summed E-state index contributed by atoms with van der Waals surface area (Å²) in [7, 11) is 0. The summed E-state index contributed by atoms with van der Waals surface area (Å²) in [5, 5.41) is 21.7. The highest BCUT2D eigenvalue weighted by Crippen LogP contribution is 2.35. The highest BCUT2D eigenvalue weighted by Gasteiger charge is 2.16. The molecule has 1 heterocycles. The van der Waals surface area contributed by atoms with E-state index in [9.17, 15) is 20.2 Å². The third-order valence-corrected chi connectivity index (χ3v) is 3.44. The molecule has 0 N–H and O–H groups in total. The van der Waals surface area contributed by atoms with Gasteiger partial charge in [0.2, 0.25) is 0 Å². The Labute approximate surface area is 141 Å². The second-order valence-corrected chi connectivity index (χ2v) is 4.98. The van der Waals surface area contributed by atoms with Crippen LogP contribution in [-0.2, 0) is 0 Å². The maximum absolute atomic E-state index is 10.8. The molecule has 25 heavy (non-hydrogen) atoms. The smallest absolute Gasteiger partial charge is 0.269 e. The van der Waals surface area contributed by atoms with Gasteiger partial charge in [-0.3, -0.25) is 20.2 Å². The van der Waals surface area contributed by atoms with E-state index in [4.69, 9.17) is 0 Å². The molecule has 0 saturated carbocycles. The molecule has 0 aliphatic rings. The Balaban J connectivity index is 2.07. The van der Waals surface area contributed by atoms with Gasteiger partial charge >= 0.3 is 0 Å². The first-order chi connectivity index (χ1) is 12.1. The predicted molar refractivity (Wildman–Crippen MR) is 90.0 cm³/mol. The number of nitrogens with zero attached hydrogens (tertiary/aromatic N) is 5. The number of anilines is 3. The Morgan fingerprint density at radius 2 is 1.08 bits per heavy atom. The highest BCUT2D eigenvalue weighted by atomic mass is 16.6. The first-order valence-electron chi connectivity index (χ1n) is 7.10. The summed E-state index contributed by atoms with van der Waals surface area (Å²) >= 11 is 0. The lowest BCUT2D eigenvalue weighted by molar-refractivity contribution is -0.385. The van der Waals surface area contributed by atoms with E-state index in [1.807, 2.05) is 0 Å². The maximum Gasteiger partial charge on any atom is 0.269 e. The number of non-ortho nitro benzene ring substituents is 2. The Morgan fingerprint density at radius 3 is 1.44 bits per heavy atom. The number of nitro benzene ring substituents is 2. The van der Waals surface area contributed by atoms with Crippen LogP contribution in [-0.4, -0.2) is 19.8 Å². The summed E-state index contributed by atoms with van der Waals surface area (Å²) in [4.78, 5) is 30.4. The van der Waals surface area contributed by atoms with Crippen molar-refractivity contribution in [1.29, 1.82) is 0 Å². The van der Waals surface area contributed by atoms with E-state index < -0.39 is 9.85 Å². The molecule has 1 aromatic heterocycles. The van der Waals surface area contributed by atoms with Crippen molar-refractivity contribution >= 4 is 28.4 Å². The molecule has 9 nitrogen and oxygen atoms in total. The minimum absolute atomic E-state index is 0.0308. The summed E-state index contributed by atoms with van der Waals surface area (Å²) < 4.78 is 0. The average Bonchev–Trinajstić information content (AvgIpc) is 2.64. The molecule has 124 valence electrons. The van der Waals surface area contributed by atoms with Crippen molar-refractivity contribution in [1.82, 2.24) is 9.97 Å². The second kappa shape index (κ2) is 6.71. The molecule has 0 saturated heterocycles. The van der Waals surface area contributed by atoms with Crippen LogP contribution in [0.4, 0.5) is 28.4 Å². The van der Waals surface area contributed by atoms with Crippen LogP contribution in [0, 0.1) is 20.2 Å². The summed E-state index contributed by atoms with van der Waals surface area (Å²) in [6, 6.07) is 11.9. The Bertz CT molecular complexity index is 841. The molecule has 0 spiro atoms. The van der Waals surface area contributed by atoms with Crippen LogP contribution in [0.2, 0.25) is 0 Å². The number of hydrogen-bond donors (Lipinski definition) is 0. The van der Waals surface area contributed by atoms with Crippen LogP contribution in [0.5, 0.6) is 0 Å². The molecular weight excluding hydrogens is 326 g/mol. The van der Waals surface area contributed by atoms with Gasteiger partial charge in [-0.15, -0.1) is 0 Å². The SMILES string of the molecule is O=[N+]([O-])c1ccc(N(c2ccc([N+](=O)[O-])cc2)c2cncnc2)cc1. The van der Waals surface area contributed by atoms with Crippen molar-refractivity contribution in [3.63, 3.8) is 0 Å². The van der Waals surface area contributed by atoms with Crippen molar-refractivity contribution < 1.29 is 9.85 Å². The Morgan fingerprint density at radius 1 is 0.680 bits per heavy atom. The van der Waals surface area contributed by atoms with Crippen LogP contribution in [0.1, 0.15) is 0 Å². The molecule has 0 bridgehead atoms. The molecule has 3 aromatic rings. The van der Waals surface area contributed by atoms with Crippen LogP contribution in [0.25, 0.3) is 0 Å². The zero-order valence-corrected chi connectivity index (χ0v) is 12.7. The number of benzene rings is 2. The van der Waals surface area contributed by atoms with Crippen LogP contribution < -0.4 is 4.90 Å². The molecule has 3 rings (SSSR count). The van der Waals surface area contributed by atoms with E-state index in [1.54, 1.807) is 41.6 Å².